The highest BCUT2D eigenvalue weighted by molar-refractivity contribution is 5.05. The monoisotopic (exact) mass is 190 g/mol. The van der Waals surface area contributed by atoms with Crippen LogP contribution in [-0.2, 0) is 6.42 Å². The minimum absolute atomic E-state index is 0.733. The molecule has 0 bridgehead atoms. The second-order valence-electron chi connectivity index (χ2n) is 4.21. The first-order chi connectivity index (χ1) is 6.90. The van der Waals surface area contributed by atoms with Crippen LogP contribution in [0.25, 0.3) is 0 Å². The molecule has 1 aromatic rings. The van der Waals surface area contributed by atoms with Crippen molar-refractivity contribution in [3.63, 3.8) is 0 Å². The van der Waals surface area contributed by atoms with Crippen molar-refractivity contribution < 1.29 is 0 Å². The van der Waals surface area contributed by atoms with Gasteiger partial charge in [0.2, 0.25) is 0 Å². The molecule has 0 amide bonds. The van der Waals surface area contributed by atoms with Crippen LogP contribution in [0.3, 0.4) is 0 Å². The molecule has 2 unspecified atom stereocenters. The topological polar surface area (TPSA) is 38.9 Å². The molecule has 2 rings (SSSR count). The van der Waals surface area contributed by atoms with Crippen molar-refractivity contribution in [2.45, 2.75) is 25.7 Å². The molecule has 0 aromatic carbocycles. The minimum atomic E-state index is 0.733. The standard InChI is InChI=1S/C12H18N2/c13-9-11-5-3-4-10(11)8-12-6-1-2-7-14-12/h1-2,6-7,10-11H,3-5,8-9,13H2. The summed E-state index contributed by atoms with van der Waals surface area (Å²) in [6.45, 7) is 0.845. The summed E-state index contributed by atoms with van der Waals surface area (Å²) in [5.74, 6) is 1.51. The highest BCUT2D eigenvalue weighted by Gasteiger charge is 2.26. The van der Waals surface area contributed by atoms with Crippen LogP contribution in [0.2, 0.25) is 0 Å². The maximum absolute atomic E-state index is 5.76. The molecule has 1 aliphatic rings. The molecule has 0 radical (unpaired) electrons. The normalized spacial score (nSPS) is 26.6. The SMILES string of the molecule is NCC1CCCC1Cc1ccccn1. The van der Waals surface area contributed by atoms with Gasteiger partial charge in [-0.2, -0.15) is 0 Å². The average molecular weight is 190 g/mol. The zero-order valence-electron chi connectivity index (χ0n) is 8.52. The molecule has 2 N–H and O–H groups in total. The van der Waals surface area contributed by atoms with Crippen molar-refractivity contribution in [1.82, 2.24) is 4.98 Å². The number of rotatable bonds is 3. The van der Waals surface area contributed by atoms with Gasteiger partial charge < -0.3 is 5.73 Å². The molecule has 1 heterocycles. The molecule has 1 aliphatic carbocycles. The molecule has 0 saturated heterocycles. The lowest BCUT2D eigenvalue weighted by Crippen LogP contribution is -2.20. The van der Waals surface area contributed by atoms with E-state index in [1.54, 1.807) is 0 Å². The van der Waals surface area contributed by atoms with E-state index < -0.39 is 0 Å². The predicted molar refractivity (Wildman–Crippen MR) is 57.8 cm³/mol. The van der Waals surface area contributed by atoms with Gasteiger partial charge in [-0.15, -0.1) is 0 Å². The van der Waals surface area contributed by atoms with Crippen molar-refractivity contribution in [3.05, 3.63) is 30.1 Å². The van der Waals surface area contributed by atoms with Gasteiger partial charge in [-0.1, -0.05) is 12.5 Å². The van der Waals surface area contributed by atoms with E-state index in [1.807, 2.05) is 12.3 Å². The first-order valence-electron chi connectivity index (χ1n) is 5.50. The highest BCUT2D eigenvalue weighted by atomic mass is 14.7. The van der Waals surface area contributed by atoms with E-state index in [9.17, 15) is 0 Å². The number of hydrogen-bond acceptors (Lipinski definition) is 2. The van der Waals surface area contributed by atoms with Crippen LogP contribution in [0.5, 0.6) is 0 Å². The number of pyridine rings is 1. The van der Waals surface area contributed by atoms with E-state index in [4.69, 9.17) is 5.73 Å². The largest absolute Gasteiger partial charge is 0.330 e. The number of nitrogens with two attached hydrogens (primary N) is 1. The van der Waals surface area contributed by atoms with Gasteiger partial charge in [0, 0.05) is 11.9 Å². The Morgan fingerprint density at radius 1 is 1.29 bits per heavy atom. The Balaban J connectivity index is 1.97. The van der Waals surface area contributed by atoms with Gasteiger partial charge in [-0.05, 0) is 49.8 Å². The molecule has 1 saturated carbocycles. The van der Waals surface area contributed by atoms with Crippen LogP contribution < -0.4 is 5.73 Å². The molecule has 0 spiro atoms. The third-order valence-electron chi connectivity index (χ3n) is 3.32. The molecular formula is C12H18N2. The fourth-order valence-electron chi connectivity index (χ4n) is 2.48. The van der Waals surface area contributed by atoms with Gasteiger partial charge in [0.25, 0.3) is 0 Å². The van der Waals surface area contributed by atoms with Crippen molar-refractivity contribution in [2.24, 2.45) is 17.6 Å². The second kappa shape index (κ2) is 4.56. The number of nitrogens with zero attached hydrogens (tertiary/aromatic N) is 1. The van der Waals surface area contributed by atoms with E-state index in [-0.39, 0.29) is 0 Å². The van der Waals surface area contributed by atoms with Crippen LogP contribution in [0.15, 0.2) is 24.4 Å². The van der Waals surface area contributed by atoms with Crippen molar-refractivity contribution in [3.8, 4) is 0 Å². The summed E-state index contributed by atoms with van der Waals surface area (Å²) < 4.78 is 0. The van der Waals surface area contributed by atoms with E-state index >= 15 is 0 Å². The first kappa shape index (κ1) is 9.66. The summed E-state index contributed by atoms with van der Waals surface area (Å²) in [7, 11) is 0. The van der Waals surface area contributed by atoms with Crippen LogP contribution >= 0.6 is 0 Å². The van der Waals surface area contributed by atoms with E-state index in [2.05, 4.69) is 17.1 Å². The van der Waals surface area contributed by atoms with Gasteiger partial charge in [0.05, 0.1) is 0 Å². The zero-order valence-corrected chi connectivity index (χ0v) is 8.52. The van der Waals surface area contributed by atoms with E-state index in [1.165, 1.54) is 25.0 Å². The number of hydrogen-bond donors (Lipinski definition) is 1. The van der Waals surface area contributed by atoms with Crippen LogP contribution in [-0.4, -0.2) is 11.5 Å². The molecule has 14 heavy (non-hydrogen) atoms. The van der Waals surface area contributed by atoms with E-state index in [0.717, 1.165) is 24.8 Å². The summed E-state index contributed by atoms with van der Waals surface area (Å²) in [6, 6.07) is 6.15. The maximum atomic E-state index is 5.76. The van der Waals surface area contributed by atoms with Crippen molar-refractivity contribution >= 4 is 0 Å². The summed E-state index contributed by atoms with van der Waals surface area (Å²) in [6.07, 6.45) is 6.98. The average Bonchev–Trinajstić information content (AvgIpc) is 2.67. The Morgan fingerprint density at radius 2 is 2.14 bits per heavy atom. The summed E-state index contributed by atoms with van der Waals surface area (Å²) >= 11 is 0. The second-order valence-corrected chi connectivity index (χ2v) is 4.21. The molecule has 2 atom stereocenters. The number of aromatic nitrogens is 1. The van der Waals surface area contributed by atoms with Crippen LogP contribution in [0.1, 0.15) is 25.0 Å². The van der Waals surface area contributed by atoms with Crippen LogP contribution in [0.4, 0.5) is 0 Å². The van der Waals surface area contributed by atoms with Crippen LogP contribution in [0, 0.1) is 11.8 Å². The Hall–Kier alpha value is -0.890. The Morgan fingerprint density at radius 3 is 2.86 bits per heavy atom. The van der Waals surface area contributed by atoms with Crippen molar-refractivity contribution in [2.75, 3.05) is 6.54 Å². The van der Waals surface area contributed by atoms with Crippen molar-refractivity contribution in [1.29, 1.82) is 0 Å². The fraction of sp³-hybridized carbons (Fsp3) is 0.583. The van der Waals surface area contributed by atoms with Gasteiger partial charge in [0.1, 0.15) is 0 Å². The van der Waals surface area contributed by atoms with Gasteiger partial charge in [0.15, 0.2) is 0 Å². The van der Waals surface area contributed by atoms with Gasteiger partial charge in [-0.25, -0.2) is 0 Å². The molecule has 0 aliphatic heterocycles. The molecule has 2 nitrogen and oxygen atoms in total. The summed E-state index contributed by atoms with van der Waals surface area (Å²) in [5, 5.41) is 0. The molecule has 76 valence electrons. The van der Waals surface area contributed by atoms with Gasteiger partial charge >= 0.3 is 0 Å². The summed E-state index contributed by atoms with van der Waals surface area (Å²) in [5.41, 5.74) is 6.98. The minimum Gasteiger partial charge on any atom is -0.330 e. The summed E-state index contributed by atoms with van der Waals surface area (Å²) in [4.78, 5) is 4.37. The molecule has 1 aromatic heterocycles. The third-order valence-corrected chi connectivity index (χ3v) is 3.32. The quantitative estimate of drug-likeness (QED) is 0.791. The third kappa shape index (κ3) is 2.13. The lowest BCUT2D eigenvalue weighted by Gasteiger charge is -2.16. The maximum Gasteiger partial charge on any atom is 0.0406 e. The fourth-order valence-corrected chi connectivity index (χ4v) is 2.48. The highest BCUT2D eigenvalue weighted by Crippen LogP contribution is 2.32. The first-order valence-corrected chi connectivity index (χ1v) is 5.50. The van der Waals surface area contributed by atoms with E-state index in [0.29, 0.717) is 0 Å². The smallest absolute Gasteiger partial charge is 0.0406 e. The molecule has 1 fully saturated rings. The zero-order chi connectivity index (χ0) is 9.80. The lowest BCUT2D eigenvalue weighted by molar-refractivity contribution is 0.391. The Kier molecular flexibility index (Phi) is 3.14. The predicted octanol–water partition coefficient (Wildman–Crippen LogP) is 2.00. The molecule has 2 heteroatoms. The lowest BCUT2D eigenvalue weighted by atomic mass is 9.91. The Labute approximate surface area is 85.5 Å². The van der Waals surface area contributed by atoms with Gasteiger partial charge in [-0.3, -0.25) is 4.98 Å². The Bertz CT molecular complexity index is 271. The molecular weight excluding hydrogens is 172 g/mol.